The van der Waals surface area contributed by atoms with Crippen LogP contribution in [0.5, 0.6) is 0 Å². The first kappa shape index (κ1) is 16.8. The van der Waals surface area contributed by atoms with Gasteiger partial charge in [0, 0.05) is 31.8 Å². The van der Waals surface area contributed by atoms with Gasteiger partial charge in [0.15, 0.2) is 5.82 Å². The molecule has 3 heterocycles. The van der Waals surface area contributed by atoms with Crippen LogP contribution in [0.15, 0.2) is 11.6 Å². The van der Waals surface area contributed by atoms with Crippen LogP contribution in [0.2, 0.25) is 0 Å². The van der Waals surface area contributed by atoms with Gasteiger partial charge in [-0.1, -0.05) is 11.6 Å². The number of nitrogens with zero attached hydrogens (tertiary/aromatic N) is 3. The molecule has 2 saturated heterocycles. The van der Waals surface area contributed by atoms with E-state index in [2.05, 4.69) is 26.2 Å². The minimum Gasteiger partial charge on any atom is -0.377 e. The van der Waals surface area contributed by atoms with Crippen molar-refractivity contribution < 1.29 is 9.53 Å². The maximum absolute atomic E-state index is 12.7. The number of aryl methyl sites for hydroxylation is 1. The van der Waals surface area contributed by atoms with Crippen LogP contribution >= 0.6 is 0 Å². The standard InChI is InChI=1S/C19H28N4O2/c1-13-20-18(22-21-13)10-17-16-7-8-23(11-15(16)12-25-17)19(24)9-14-5-3-2-4-6-14/h5,15-17H,2-4,6-12H2,1H3,(H,20,21,22)/t15-,16-,17-/m0/s1. The molecule has 0 saturated carbocycles. The van der Waals surface area contributed by atoms with Crippen LogP contribution in [0.4, 0.5) is 0 Å². The number of amides is 1. The average molecular weight is 344 g/mol. The number of rotatable bonds is 4. The molecule has 136 valence electrons. The van der Waals surface area contributed by atoms with E-state index in [1.807, 2.05) is 6.92 Å². The lowest BCUT2D eigenvalue weighted by molar-refractivity contribution is -0.132. The van der Waals surface area contributed by atoms with Gasteiger partial charge in [-0.25, -0.2) is 4.98 Å². The molecule has 1 aromatic heterocycles. The molecule has 1 amide bonds. The van der Waals surface area contributed by atoms with Gasteiger partial charge in [-0.3, -0.25) is 9.89 Å². The molecule has 25 heavy (non-hydrogen) atoms. The smallest absolute Gasteiger partial charge is 0.226 e. The van der Waals surface area contributed by atoms with Crippen LogP contribution in [0.25, 0.3) is 0 Å². The minimum atomic E-state index is 0.193. The molecular formula is C19H28N4O2. The number of carbonyl (C=O) groups excluding carboxylic acids is 1. The molecule has 0 spiro atoms. The number of carbonyl (C=O) groups is 1. The van der Waals surface area contributed by atoms with Crippen molar-refractivity contribution in [3.63, 3.8) is 0 Å². The molecule has 0 aromatic carbocycles. The van der Waals surface area contributed by atoms with Crippen LogP contribution in [0.3, 0.4) is 0 Å². The second-order valence-electron chi connectivity index (χ2n) is 7.75. The molecule has 2 aliphatic heterocycles. The average Bonchev–Trinajstić information content (AvgIpc) is 3.22. The summed E-state index contributed by atoms with van der Waals surface area (Å²) in [6.45, 7) is 4.38. The zero-order valence-corrected chi connectivity index (χ0v) is 15.0. The van der Waals surface area contributed by atoms with Gasteiger partial charge >= 0.3 is 0 Å². The van der Waals surface area contributed by atoms with Crippen molar-refractivity contribution in [1.82, 2.24) is 20.1 Å². The highest BCUT2D eigenvalue weighted by Crippen LogP contribution is 2.36. The summed E-state index contributed by atoms with van der Waals surface area (Å²) in [4.78, 5) is 19.1. The fraction of sp³-hybridized carbons (Fsp3) is 0.737. The maximum Gasteiger partial charge on any atom is 0.226 e. The number of hydrogen-bond acceptors (Lipinski definition) is 4. The number of fused-ring (bicyclic) bond motifs is 1. The molecule has 2 fully saturated rings. The Labute approximate surface area is 149 Å². The first-order valence-electron chi connectivity index (χ1n) is 9.64. The lowest BCUT2D eigenvalue weighted by Crippen LogP contribution is -2.44. The van der Waals surface area contributed by atoms with Crippen molar-refractivity contribution in [2.24, 2.45) is 11.8 Å². The third-order valence-electron chi connectivity index (χ3n) is 5.94. The molecule has 6 heteroatoms. The predicted octanol–water partition coefficient (Wildman–Crippen LogP) is 2.41. The van der Waals surface area contributed by atoms with Gasteiger partial charge in [-0.15, -0.1) is 0 Å². The highest BCUT2D eigenvalue weighted by Gasteiger charge is 2.42. The van der Waals surface area contributed by atoms with Gasteiger partial charge in [-0.2, -0.15) is 5.10 Å². The quantitative estimate of drug-likeness (QED) is 0.852. The topological polar surface area (TPSA) is 71.1 Å². The van der Waals surface area contributed by atoms with E-state index in [0.29, 0.717) is 24.2 Å². The Bertz CT molecular complexity index is 654. The fourth-order valence-electron chi connectivity index (χ4n) is 4.56. The third-order valence-corrected chi connectivity index (χ3v) is 5.94. The molecule has 0 unspecified atom stereocenters. The van der Waals surface area contributed by atoms with E-state index < -0.39 is 0 Å². The van der Waals surface area contributed by atoms with Gasteiger partial charge in [0.05, 0.1) is 12.7 Å². The van der Waals surface area contributed by atoms with Gasteiger partial charge in [0.25, 0.3) is 0 Å². The molecule has 3 atom stereocenters. The Hall–Kier alpha value is -1.69. The molecule has 0 radical (unpaired) electrons. The van der Waals surface area contributed by atoms with Gasteiger partial charge in [0.2, 0.25) is 5.91 Å². The third kappa shape index (κ3) is 3.78. The minimum absolute atomic E-state index is 0.193. The number of allylic oxidation sites excluding steroid dienone is 1. The number of aromatic nitrogens is 3. The Balaban J connectivity index is 1.32. The van der Waals surface area contributed by atoms with Crippen LogP contribution in [-0.4, -0.2) is 51.8 Å². The van der Waals surface area contributed by atoms with Gasteiger partial charge in [-0.05, 0) is 44.9 Å². The summed E-state index contributed by atoms with van der Waals surface area (Å²) in [5, 5.41) is 7.14. The van der Waals surface area contributed by atoms with Crippen LogP contribution in [0, 0.1) is 18.8 Å². The van der Waals surface area contributed by atoms with Gasteiger partial charge < -0.3 is 9.64 Å². The van der Waals surface area contributed by atoms with Gasteiger partial charge in [0.1, 0.15) is 5.82 Å². The summed E-state index contributed by atoms with van der Waals surface area (Å²) in [6, 6.07) is 0. The van der Waals surface area contributed by atoms with Crippen LogP contribution < -0.4 is 0 Å². The van der Waals surface area contributed by atoms with Crippen molar-refractivity contribution in [3.05, 3.63) is 23.3 Å². The molecule has 1 aromatic rings. The Morgan fingerprint density at radius 1 is 1.44 bits per heavy atom. The number of piperidine rings is 1. The second kappa shape index (κ2) is 7.28. The van der Waals surface area contributed by atoms with Crippen molar-refractivity contribution >= 4 is 5.91 Å². The monoisotopic (exact) mass is 344 g/mol. The first-order valence-corrected chi connectivity index (χ1v) is 9.64. The zero-order valence-electron chi connectivity index (χ0n) is 15.0. The van der Waals surface area contributed by atoms with E-state index >= 15 is 0 Å². The number of H-pyrrole nitrogens is 1. The van der Waals surface area contributed by atoms with E-state index in [1.54, 1.807) is 0 Å². The highest BCUT2D eigenvalue weighted by atomic mass is 16.5. The summed E-state index contributed by atoms with van der Waals surface area (Å²) in [7, 11) is 0. The van der Waals surface area contributed by atoms with Crippen molar-refractivity contribution in [2.45, 2.75) is 58.0 Å². The first-order chi connectivity index (χ1) is 12.2. The van der Waals surface area contributed by atoms with Crippen LogP contribution in [0.1, 0.15) is 50.2 Å². The van der Waals surface area contributed by atoms with Crippen LogP contribution in [-0.2, 0) is 16.0 Å². The Morgan fingerprint density at radius 2 is 2.36 bits per heavy atom. The maximum atomic E-state index is 12.7. The van der Waals surface area contributed by atoms with Crippen molar-refractivity contribution in [1.29, 1.82) is 0 Å². The van der Waals surface area contributed by atoms with E-state index in [-0.39, 0.29) is 6.10 Å². The molecule has 3 aliphatic rings. The molecule has 0 bridgehead atoms. The zero-order chi connectivity index (χ0) is 17.2. The summed E-state index contributed by atoms with van der Waals surface area (Å²) in [5.74, 6) is 2.98. The molecular weight excluding hydrogens is 316 g/mol. The fourth-order valence-corrected chi connectivity index (χ4v) is 4.56. The molecule has 6 nitrogen and oxygen atoms in total. The largest absolute Gasteiger partial charge is 0.377 e. The number of aromatic amines is 1. The van der Waals surface area contributed by atoms with E-state index in [4.69, 9.17) is 4.74 Å². The predicted molar refractivity (Wildman–Crippen MR) is 93.9 cm³/mol. The number of hydrogen-bond donors (Lipinski definition) is 1. The lowest BCUT2D eigenvalue weighted by atomic mass is 9.83. The van der Waals surface area contributed by atoms with Crippen molar-refractivity contribution in [2.75, 3.05) is 19.7 Å². The number of ether oxygens (including phenoxy) is 1. The van der Waals surface area contributed by atoms with E-state index in [0.717, 1.165) is 57.0 Å². The molecule has 1 aliphatic carbocycles. The van der Waals surface area contributed by atoms with Crippen molar-refractivity contribution in [3.8, 4) is 0 Å². The molecule has 4 rings (SSSR count). The number of likely N-dealkylation sites (tertiary alicyclic amines) is 1. The van der Waals surface area contributed by atoms with E-state index in [1.165, 1.54) is 18.4 Å². The second-order valence-corrected chi connectivity index (χ2v) is 7.75. The molecule has 1 N–H and O–H groups in total. The number of nitrogens with one attached hydrogen (secondary N) is 1. The summed E-state index contributed by atoms with van der Waals surface area (Å²) < 4.78 is 6.05. The van der Waals surface area contributed by atoms with E-state index in [9.17, 15) is 4.79 Å². The summed E-state index contributed by atoms with van der Waals surface area (Å²) in [6.07, 6.45) is 9.65. The Morgan fingerprint density at radius 3 is 3.12 bits per heavy atom. The highest BCUT2D eigenvalue weighted by molar-refractivity contribution is 5.78. The summed E-state index contributed by atoms with van der Waals surface area (Å²) in [5.41, 5.74) is 1.35. The SMILES string of the molecule is Cc1nc(C[C@@H]2OC[C@@H]3CN(C(=O)CC4=CCCCC4)CC[C@@H]32)n[nH]1. The lowest BCUT2D eigenvalue weighted by Gasteiger charge is -2.36. The normalized spacial score (nSPS) is 29.4. The summed E-state index contributed by atoms with van der Waals surface area (Å²) >= 11 is 0. The Kier molecular flexibility index (Phi) is 4.88.